The quantitative estimate of drug-likeness (QED) is 0.435. The lowest BCUT2D eigenvalue weighted by molar-refractivity contribution is -0.0438. The van der Waals surface area contributed by atoms with Gasteiger partial charge in [-0.05, 0) is 36.9 Å². The van der Waals surface area contributed by atoms with Crippen LogP contribution in [-0.2, 0) is 25.5 Å². The molecular weight excluding hydrogens is 498 g/mol. The van der Waals surface area contributed by atoms with Crippen molar-refractivity contribution in [2.75, 3.05) is 18.1 Å². The lowest BCUT2D eigenvalue weighted by Crippen LogP contribution is -2.44. The molecule has 13 heteroatoms. The predicted molar refractivity (Wildman–Crippen MR) is 132 cm³/mol. The fourth-order valence-corrected chi connectivity index (χ4v) is 13.3. The van der Waals surface area contributed by atoms with Gasteiger partial charge in [0.15, 0.2) is 25.4 Å². The van der Waals surface area contributed by atoms with Gasteiger partial charge in [-0.2, -0.15) is 0 Å². The molecule has 0 bridgehead atoms. The molecule has 2 aliphatic heterocycles. The molecule has 1 aromatic rings. The number of alkyl halides is 1. The second kappa shape index (κ2) is 9.36. The second-order valence-corrected chi connectivity index (χ2v) is 24.7. The van der Waals surface area contributed by atoms with Gasteiger partial charge in [0, 0.05) is 23.3 Å². The molecule has 0 aliphatic carbocycles. The lowest BCUT2D eigenvalue weighted by atomic mass is 10.1. The molecule has 0 radical (unpaired) electrons. The fourth-order valence-electron chi connectivity index (χ4n) is 3.01. The summed E-state index contributed by atoms with van der Waals surface area (Å²) >= 11 is 8.82. The van der Waals surface area contributed by atoms with Crippen molar-refractivity contribution in [3.05, 3.63) is 32.6 Å². The topological polar surface area (TPSA) is 82.6 Å². The van der Waals surface area contributed by atoms with E-state index < -0.39 is 48.8 Å². The highest BCUT2D eigenvalue weighted by Crippen LogP contribution is 2.75. The van der Waals surface area contributed by atoms with Gasteiger partial charge < -0.3 is 13.7 Å². The Bertz CT molecular complexity index is 972. The van der Waals surface area contributed by atoms with Crippen molar-refractivity contribution in [1.29, 1.82) is 0 Å². The average molecular weight is 529 g/mol. The van der Waals surface area contributed by atoms with Crippen LogP contribution in [0.5, 0.6) is 0 Å². The number of hydrogen-bond acceptors (Lipinski definition) is 8. The van der Waals surface area contributed by atoms with E-state index in [0.29, 0.717) is 5.56 Å². The molecule has 2 saturated heterocycles. The molecule has 1 N–H and O–H groups in total. The van der Waals surface area contributed by atoms with Gasteiger partial charge in [-0.1, -0.05) is 43.5 Å². The summed E-state index contributed by atoms with van der Waals surface area (Å²) < 4.78 is 33.0. The van der Waals surface area contributed by atoms with Crippen molar-refractivity contribution in [2.24, 2.45) is 0 Å². The summed E-state index contributed by atoms with van der Waals surface area (Å²) in [5.74, 6) is 1.75. The molecule has 1 aromatic heterocycles. The Balaban J connectivity index is 1.89. The summed E-state index contributed by atoms with van der Waals surface area (Å²) in [5, 5.41) is -0.0210. The third-order valence-electron chi connectivity index (χ3n) is 5.93. The first kappa shape index (κ1) is 25.7. The Kier molecular flexibility index (Phi) is 7.76. The Morgan fingerprint density at radius 2 is 1.97 bits per heavy atom. The largest absolute Gasteiger partial charge is 0.414 e. The van der Waals surface area contributed by atoms with Crippen LogP contribution in [0.1, 0.15) is 32.6 Å². The van der Waals surface area contributed by atoms with Crippen molar-refractivity contribution in [3.8, 4) is 0 Å². The van der Waals surface area contributed by atoms with Crippen LogP contribution in [0.25, 0.3) is 0 Å². The summed E-state index contributed by atoms with van der Waals surface area (Å²) in [6, 6.07) is 0. The monoisotopic (exact) mass is 528 g/mol. The standard InChI is InChI=1S/C18H30FN2O5PS3Si/c1-11-9-21(17(23)20-15(11)22)16-13(19)14(26-27(28)29-7-8-30-27)12(25-16)10-24-31(5,6)18(2,3)4/h9,12-14,16H,7-8,10H2,1-6H3,(H,20,22,23)/t12-,13-,14-,16-/m1/s1. The van der Waals surface area contributed by atoms with Crippen LogP contribution in [0.15, 0.2) is 15.8 Å². The molecule has 7 nitrogen and oxygen atoms in total. The van der Waals surface area contributed by atoms with Crippen LogP contribution in [0.3, 0.4) is 0 Å². The number of aromatic amines is 1. The Hall–Kier alpha value is 0.0569. The molecular formula is C18H30FN2O5PS3Si. The van der Waals surface area contributed by atoms with Crippen molar-refractivity contribution in [3.63, 3.8) is 0 Å². The summed E-state index contributed by atoms with van der Waals surface area (Å²) in [5.41, 5.74) is -0.932. The molecule has 3 rings (SSSR count). The zero-order chi connectivity index (χ0) is 23.2. The fraction of sp³-hybridized carbons (Fsp3) is 0.778. The van der Waals surface area contributed by atoms with Gasteiger partial charge in [-0.25, -0.2) is 9.18 Å². The van der Waals surface area contributed by atoms with E-state index in [4.69, 9.17) is 25.5 Å². The Morgan fingerprint density at radius 3 is 2.55 bits per heavy atom. The number of rotatable bonds is 6. The van der Waals surface area contributed by atoms with Crippen LogP contribution < -0.4 is 11.2 Å². The highest BCUT2D eigenvalue weighted by molar-refractivity contribution is 9.00. The highest BCUT2D eigenvalue weighted by atomic mass is 33.2. The number of hydrogen-bond donors (Lipinski definition) is 1. The molecule has 0 amide bonds. The van der Waals surface area contributed by atoms with Gasteiger partial charge in [0.1, 0.15) is 12.2 Å². The molecule has 3 heterocycles. The molecule has 176 valence electrons. The first-order chi connectivity index (χ1) is 14.2. The zero-order valence-corrected chi connectivity index (χ0v) is 22.9. The van der Waals surface area contributed by atoms with E-state index in [1.807, 2.05) is 0 Å². The number of nitrogens with one attached hydrogen (secondary N) is 1. The van der Waals surface area contributed by atoms with E-state index in [2.05, 4.69) is 38.8 Å². The van der Waals surface area contributed by atoms with E-state index in [9.17, 15) is 9.59 Å². The van der Waals surface area contributed by atoms with E-state index in [1.54, 1.807) is 29.7 Å². The van der Waals surface area contributed by atoms with Crippen LogP contribution in [0.2, 0.25) is 18.1 Å². The lowest BCUT2D eigenvalue weighted by Gasteiger charge is -2.37. The maximum atomic E-state index is 15.7. The van der Waals surface area contributed by atoms with Gasteiger partial charge in [0.05, 0.1) is 6.61 Å². The van der Waals surface area contributed by atoms with Crippen LogP contribution >= 0.6 is 27.4 Å². The Labute approximate surface area is 195 Å². The molecule has 0 unspecified atom stereocenters. The van der Waals surface area contributed by atoms with Crippen molar-refractivity contribution in [1.82, 2.24) is 9.55 Å². The number of halogens is 1. The maximum absolute atomic E-state index is 15.7. The van der Waals surface area contributed by atoms with Crippen LogP contribution in [0.4, 0.5) is 4.39 Å². The second-order valence-electron chi connectivity index (χ2n) is 9.24. The summed E-state index contributed by atoms with van der Waals surface area (Å²) in [4.78, 5) is 26.3. The molecule has 2 aliphatic rings. The number of aromatic nitrogens is 2. The highest BCUT2D eigenvalue weighted by Gasteiger charge is 2.51. The van der Waals surface area contributed by atoms with Gasteiger partial charge in [-0.3, -0.25) is 14.3 Å². The van der Waals surface area contributed by atoms with Crippen molar-refractivity contribution in [2.45, 2.75) is 70.4 Å². The van der Waals surface area contributed by atoms with E-state index >= 15 is 4.39 Å². The summed E-state index contributed by atoms with van der Waals surface area (Å²) in [6.45, 7) is 12.3. The first-order valence-corrected chi connectivity index (χ1v) is 18.9. The van der Waals surface area contributed by atoms with Crippen LogP contribution in [-0.4, -0.2) is 54.4 Å². The zero-order valence-electron chi connectivity index (χ0n) is 18.5. The minimum absolute atomic E-state index is 0.0210. The van der Waals surface area contributed by atoms with Gasteiger partial charge >= 0.3 is 5.69 Å². The smallest absolute Gasteiger partial charge is 0.330 e. The minimum Gasteiger partial charge on any atom is -0.414 e. The van der Waals surface area contributed by atoms with E-state index in [-0.39, 0.29) is 11.6 Å². The third kappa shape index (κ3) is 5.59. The molecule has 4 atom stereocenters. The van der Waals surface area contributed by atoms with Crippen molar-refractivity contribution < 1.29 is 18.1 Å². The molecule has 31 heavy (non-hydrogen) atoms. The van der Waals surface area contributed by atoms with Gasteiger partial charge in [0.2, 0.25) is 0 Å². The summed E-state index contributed by atoms with van der Waals surface area (Å²) in [6.07, 6.45) is -3.19. The normalized spacial score (nSPS) is 28.9. The molecule has 0 spiro atoms. The van der Waals surface area contributed by atoms with Gasteiger partial charge in [-0.15, -0.1) is 0 Å². The van der Waals surface area contributed by atoms with E-state index in [0.717, 1.165) is 16.1 Å². The third-order valence-corrected chi connectivity index (χ3v) is 20.2. The molecule has 0 aromatic carbocycles. The van der Waals surface area contributed by atoms with Crippen LogP contribution in [0, 0.1) is 6.92 Å². The Morgan fingerprint density at radius 1 is 1.35 bits per heavy atom. The van der Waals surface area contributed by atoms with E-state index in [1.165, 1.54) is 6.20 Å². The number of aryl methyl sites for hydroxylation is 1. The number of H-pyrrole nitrogens is 1. The van der Waals surface area contributed by atoms with Crippen molar-refractivity contribution >= 4 is 47.6 Å². The first-order valence-electron chi connectivity index (χ1n) is 10.1. The minimum atomic E-state index is -2.28. The SMILES string of the molecule is Cc1cn([C@@H]2O[C@H](CO[Si](C)(C)C(C)(C)C)[C@@H](OP3(=S)SCCS3)[C@H]2F)c(=O)[nH]c1=O. The van der Waals surface area contributed by atoms with Gasteiger partial charge in [0.25, 0.3) is 5.56 Å². The summed E-state index contributed by atoms with van der Waals surface area (Å²) in [7, 11) is -2.12. The number of ether oxygens (including phenoxy) is 1. The average Bonchev–Trinajstić information content (AvgIpc) is 3.21. The maximum Gasteiger partial charge on any atom is 0.330 e. The molecule has 2 fully saturated rings. The number of nitrogens with zero attached hydrogens (tertiary/aromatic N) is 1. The predicted octanol–water partition coefficient (Wildman–Crippen LogP) is 4.19. The molecule has 0 saturated carbocycles.